The minimum absolute atomic E-state index is 0.0950. The first-order valence-electron chi connectivity index (χ1n) is 11.9. The maximum atomic E-state index is 12.9. The Morgan fingerprint density at radius 1 is 1.05 bits per heavy atom. The van der Waals surface area contributed by atoms with Crippen LogP contribution in [0.15, 0.2) is 92.4 Å². The second-order valence-electron chi connectivity index (χ2n) is 8.56. The fourth-order valence-corrected chi connectivity index (χ4v) is 5.20. The molecule has 1 amide bonds. The first-order valence-corrected chi connectivity index (χ1v) is 13.5. The average molecular weight is 593 g/mol. The number of rotatable bonds is 7. The quantitative estimate of drug-likeness (QED) is 0.289. The lowest BCUT2D eigenvalue weighted by atomic mass is 10.1. The van der Waals surface area contributed by atoms with E-state index >= 15 is 0 Å². The molecule has 4 rings (SSSR count). The fourth-order valence-electron chi connectivity index (χ4n) is 3.68. The average Bonchev–Trinajstić information content (AvgIpc) is 3.19. The molecule has 3 aromatic carbocycles. The summed E-state index contributed by atoms with van der Waals surface area (Å²) in [6.45, 7) is 6.07. The Balaban J connectivity index is 1.59. The smallest absolute Gasteiger partial charge is 0.344 e. The van der Waals surface area contributed by atoms with Crippen molar-refractivity contribution in [1.29, 1.82) is 0 Å². The van der Waals surface area contributed by atoms with Gasteiger partial charge < -0.3 is 14.6 Å². The van der Waals surface area contributed by atoms with Crippen LogP contribution in [0.1, 0.15) is 39.5 Å². The van der Waals surface area contributed by atoms with Gasteiger partial charge in [-0.3, -0.25) is 4.79 Å². The Bertz CT molecular complexity index is 1470. The third-order valence-electron chi connectivity index (χ3n) is 5.72. The lowest BCUT2D eigenvalue weighted by molar-refractivity contribution is -0.138. The van der Waals surface area contributed by atoms with Crippen LogP contribution < -0.4 is 4.74 Å². The van der Waals surface area contributed by atoms with E-state index in [0.29, 0.717) is 22.8 Å². The van der Waals surface area contributed by atoms with Crippen LogP contribution in [-0.2, 0) is 16.1 Å². The van der Waals surface area contributed by atoms with Gasteiger partial charge in [0.1, 0.15) is 28.7 Å². The topological polar surface area (TPSA) is 85.2 Å². The van der Waals surface area contributed by atoms with Crippen LogP contribution in [-0.4, -0.2) is 28.6 Å². The Hall–Kier alpha value is -3.62. The largest absolute Gasteiger partial charge is 0.506 e. The molecule has 1 heterocycles. The summed E-state index contributed by atoms with van der Waals surface area (Å²) in [7, 11) is 0. The summed E-state index contributed by atoms with van der Waals surface area (Å²) in [6.07, 6.45) is 1.72. The number of carbonyl (C=O) groups excluding carboxylic acids is 2. The first kappa shape index (κ1) is 27.4. The number of benzene rings is 3. The number of aliphatic hydroxyl groups excluding tert-OH is 1. The zero-order valence-corrected chi connectivity index (χ0v) is 23.6. The molecule has 0 unspecified atom stereocenters. The molecule has 1 aliphatic rings. The van der Waals surface area contributed by atoms with E-state index in [1.807, 2.05) is 68.4 Å². The molecule has 1 N–H and O–H groups in total. The van der Waals surface area contributed by atoms with Gasteiger partial charge in [0, 0.05) is 5.56 Å². The Morgan fingerprint density at radius 2 is 1.79 bits per heavy atom. The molecule has 0 saturated heterocycles. The lowest BCUT2D eigenvalue weighted by Crippen LogP contribution is -2.14. The van der Waals surface area contributed by atoms with Crippen molar-refractivity contribution in [1.82, 2.24) is 0 Å². The number of thioether (sulfide) groups is 1. The molecule has 194 valence electrons. The molecule has 0 fully saturated rings. The minimum atomic E-state index is -0.738. The normalized spacial score (nSPS) is 15.3. The number of amides is 1. The van der Waals surface area contributed by atoms with Gasteiger partial charge in [-0.25, -0.2) is 9.79 Å². The van der Waals surface area contributed by atoms with Crippen LogP contribution in [0.4, 0.5) is 0 Å². The van der Waals surface area contributed by atoms with Crippen molar-refractivity contribution in [3.05, 3.63) is 115 Å². The molecule has 1 aliphatic heterocycles. The van der Waals surface area contributed by atoms with Crippen molar-refractivity contribution < 1.29 is 24.2 Å². The molecular weight excluding hydrogens is 566 g/mol. The highest BCUT2D eigenvalue weighted by Gasteiger charge is 2.34. The molecule has 0 saturated carbocycles. The van der Waals surface area contributed by atoms with Crippen molar-refractivity contribution in [3.63, 3.8) is 0 Å². The van der Waals surface area contributed by atoms with Crippen LogP contribution in [0.25, 0.3) is 6.08 Å². The third-order valence-corrected chi connectivity index (χ3v) is 7.36. The van der Waals surface area contributed by atoms with Gasteiger partial charge in [-0.05, 0) is 77.7 Å². The lowest BCUT2D eigenvalue weighted by Gasteiger charge is -2.09. The van der Waals surface area contributed by atoms with Gasteiger partial charge in [-0.15, -0.1) is 0 Å². The Morgan fingerprint density at radius 3 is 2.47 bits per heavy atom. The fraction of sp³-hybridized carbons (Fsp3) is 0.167. The van der Waals surface area contributed by atoms with E-state index in [-0.39, 0.29) is 23.0 Å². The summed E-state index contributed by atoms with van der Waals surface area (Å²) < 4.78 is 11.8. The molecule has 0 aromatic heterocycles. The zero-order valence-electron chi connectivity index (χ0n) is 21.2. The predicted octanol–water partition coefficient (Wildman–Crippen LogP) is 7.35. The highest BCUT2D eigenvalue weighted by molar-refractivity contribution is 9.10. The van der Waals surface area contributed by atoms with Crippen LogP contribution in [0.5, 0.6) is 5.75 Å². The number of aryl methyl sites for hydroxylation is 2. The highest BCUT2D eigenvalue weighted by atomic mass is 79.9. The summed E-state index contributed by atoms with van der Waals surface area (Å²) in [5, 5.41) is 11.0. The van der Waals surface area contributed by atoms with E-state index in [1.165, 1.54) is 5.56 Å². The maximum absolute atomic E-state index is 12.9. The van der Waals surface area contributed by atoms with E-state index in [2.05, 4.69) is 20.9 Å². The number of esters is 1. The molecule has 0 bridgehead atoms. The summed E-state index contributed by atoms with van der Waals surface area (Å²) in [5.41, 5.74) is 4.07. The second-order valence-corrected chi connectivity index (χ2v) is 10.4. The Kier molecular flexibility index (Phi) is 8.86. The molecule has 0 radical (unpaired) electrons. The molecule has 3 aromatic rings. The summed E-state index contributed by atoms with van der Waals surface area (Å²) in [6, 6.07) is 20.7. The SMILES string of the molecule is CCOC(=O)C1=C(O)/C(=C/c2ccc(OCc3ccc(C)cc3)c(Br)c2)SC1=NC(=O)c1ccccc1C. The molecule has 0 atom stereocenters. The number of aliphatic imine (C=N–C) groups is 1. The van der Waals surface area contributed by atoms with E-state index in [9.17, 15) is 14.7 Å². The van der Waals surface area contributed by atoms with E-state index < -0.39 is 11.9 Å². The number of carbonyl (C=O) groups is 2. The monoisotopic (exact) mass is 591 g/mol. The highest BCUT2D eigenvalue weighted by Crippen LogP contribution is 2.40. The molecular formula is C30H26BrNO5S. The third kappa shape index (κ3) is 6.44. The van der Waals surface area contributed by atoms with E-state index in [4.69, 9.17) is 9.47 Å². The molecule has 0 spiro atoms. The van der Waals surface area contributed by atoms with Gasteiger partial charge in [0.2, 0.25) is 0 Å². The number of aliphatic hydroxyl groups is 1. The van der Waals surface area contributed by atoms with Gasteiger partial charge in [0.15, 0.2) is 0 Å². The van der Waals surface area contributed by atoms with Gasteiger partial charge in [0.05, 0.1) is 16.0 Å². The standard InChI is InChI=1S/C30H26BrNO5S/c1-4-36-30(35)26-27(33)25(38-29(26)32-28(34)22-8-6-5-7-19(22)3)16-21-13-14-24(23(31)15-21)37-17-20-11-9-18(2)10-12-20/h5-16,33H,4,17H2,1-3H3/b25-16-,32-29?. The summed E-state index contributed by atoms with van der Waals surface area (Å²) >= 11 is 4.59. The number of hydrogen-bond acceptors (Lipinski definition) is 6. The van der Waals surface area contributed by atoms with Crippen LogP contribution in [0.2, 0.25) is 0 Å². The van der Waals surface area contributed by atoms with Crippen molar-refractivity contribution in [2.75, 3.05) is 6.61 Å². The van der Waals surface area contributed by atoms with Gasteiger partial charge in [-0.2, -0.15) is 0 Å². The zero-order chi connectivity index (χ0) is 27.2. The van der Waals surface area contributed by atoms with E-state index in [0.717, 1.165) is 32.9 Å². The predicted molar refractivity (Wildman–Crippen MR) is 154 cm³/mol. The number of ether oxygens (including phenoxy) is 2. The molecule has 0 aliphatic carbocycles. The second kappa shape index (κ2) is 12.3. The summed E-state index contributed by atoms with van der Waals surface area (Å²) in [5.74, 6) is -0.844. The molecule has 6 nitrogen and oxygen atoms in total. The van der Waals surface area contributed by atoms with Gasteiger partial charge in [-0.1, -0.05) is 65.9 Å². The molecule has 38 heavy (non-hydrogen) atoms. The van der Waals surface area contributed by atoms with Crippen molar-refractivity contribution in [2.45, 2.75) is 27.4 Å². The number of halogens is 1. The van der Waals surface area contributed by atoms with Crippen molar-refractivity contribution in [2.24, 2.45) is 4.99 Å². The first-order chi connectivity index (χ1) is 18.3. The maximum Gasteiger partial charge on any atom is 0.344 e. The summed E-state index contributed by atoms with van der Waals surface area (Å²) in [4.78, 5) is 30.1. The molecule has 8 heteroatoms. The van der Waals surface area contributed by atoms with Crippen molar-refractivity contribution >= 4 is 50.7 Å². The Labute approximate surface area is 234 Å². The van der Waals surface area contributed by atoms with Gasteiger partial charge in [0.25, 0.3) is 5.91 Å². The number of nitrogens with zero attached hydrogens (tertiary/aromatic N) is 1. The van der Waals surface area contributed by atoms with E-state index in [1.54, 1.807) is 25.1 Å². The van der Waals surface area contributed by atoms with Crippen LogP contribution in [0, 0.1) is 13.8 Å². The minimum Gasteiger partial charge on any atom is -0.506 e. The van der Waals surface area contributed by atoms with Crippen molar-refractivity contribution in [3.8, 4) is 5.75 Å². The van der Waals surface area contributed by atoms with Crippen LogP contribution in [0.3, 0.4) is 0 Å². The number of hydrogen-bond donors (Lipinski definition) is 1. The van der Waals surface area contributed by atoms with Gasteiger partial charge >= 0.3 is 5.97 Å². The van der Waals surface area contributed by atoms with Crippen LogP contribution >= 0.6 is 27.7 Å².